The van der Waals surface area contributed by atoms with Crippen molar-refractivity contribution in [3.63, 3.8) is 0 Å². The van der Waals surface area contributed by atoms with Crippen LogP contribution in [0, 0.1) is 0 Å². The van der Waals surface area contributed by atoms with Crippen LogP contribution in [-0.4, -0.2) is 46.6 Å². The Bertz CT molecular complexity index is 969. The summed E-state index contributed by atoms with van der Waals surface area (Å²) in [6.07, 6.45) is 0. The number of guanidine groups is 1. The van der Waals surface area contributed by atoms with E-state index in [-0.39, 0.29) is 13.1 Å². The van der Waals surface area contributed by atoms with Gasteiger partial charge in [0.15, 0.2) is 0 Å². The molecule has 2 aromatic carbocycles. The van der Waals surface area contributed by atoms with E-state index in [1.54, 1.807) is 6.92 Å². The molecular formula is C23H33N5O4. The molecule has 32 heavy (non-hydrogen) atoms. The van der Waals surface area contributed by atoms with Gasteiger partial charge in [-0.3, -0.25) is 9.80 Å². The highest BCUT2D eigenvalue weighted by atomic mass is 16.5. The maximum absolute atomic E-state index is 12.9. The maximum atomic E-state index is 12.9. The molecule has 2 aromatic rings. The zero-order valence-corrected chi connectivity index (χ0v) is 19.3. The van der Waals surface area contributed by atoms with Crippen LogP contribution < -0.4 is 11.7 Å². The van der Waals surface area contributed by atoms with Crippen molar-refractivity contribution in [3.05, 3.63) is 59.3 Å². The number of hydrazone groups is 1. The van der Waals surface area contributed by atoms with E-state index < -0.39 is 12.0 Å². The predicted molar refractivity (Wildman–Crippen MR) is 126 cm³/mol. The quantitative estimate of drug-likeness (QED) is 0.284. The van der Waals surface area contributed by atoms with Gasteiger partial charge in [-0.05, 0) is 37.1 Å². The van der Waals surface area contributed by atoms with Crippen LogP contribution in [0.4, 0.5) is 0 Å². The van der Waals surface area contributed by atoms with E-state index in [9.17, 15) is 4.79 Å². The molecule has 5 N–H and O–H groups in total. The number of allylic oxidation sites excluding steroid dienone is 1. The topological polar surface area (TPSA) is 134 Å². The second-order valence-corrected chi connectivity index (χ2v) is 6.38. The van der Waals surface area contributed by atoms with Crippen molar-refractivity contribution < 1.29 is 19.4 Å². The number of carbonyl (C=O) groups is 2. The Morgan fingerprint density at radius 1 is 1.19 bits per heavy atom. The van der Waals surface area contributed by atoms with E-state index >= 15 is 0 Å². The van der Waals surface area contributed by atoms with Crippen molar-refractivity contribution >= 4 is 29.2 Å². The highest BCUT2D eigenvalue weighted by Gasteiger charge is 2.40. The fourth-order valence-electron chi connectivity index (χ4n) is 3.66. The molecule has 3 rings (SSSR count). The number of carboxylic acid groups (broad SMARTS) is 1. The number of rotatable bonds is 4. The van der Waals surface area contributed by atoms with E-state index in [1.807, 2.05) is 75.1 Å². The van der Waals surface area contributed by atoms with Gasteiger partial charge in [0.05, 0.1) is 12.2 Å². The summed E-state index contributed by atoms with van der Waals surface area (Å²) in [5, 5.41) is 14.3. The Labute approximate surface area is 188 Å². The molecule has 1 atom stereocenters. The number of hydrazine groups is 1. The van der Waals surface area contributed by atoms with Gasteiger partial charge in [-0.2, -0.15) is 0 Å². The van der Waals surface area contributed by atoms with Gasteiger partial charge < -0.3 is 20.6 Å². The van der Waals surface area contributed by atoms with Crippen LogP contribution in [0.5, 0.6) is 0 Å². The summed E-state index contributed by atoms with van der Waals surface area (Å²) in [6.45, 7) is 10.2. The summed E-state index contributed by atoms with van der Waals surface area (Å²) in [5.74, 6) is 12.1. The SMILES string of the molecule is CC.CCOC(=O)C1=C(C)N(CC)/C(=N/N)N(N)C1c1cccc2ccccc12.O=CO. The zero-order valence-electron chi connectivity index (χ0n) is 19.3. The van der Waals surface area contributed by atoms with Gasteiger partial charge in [-0.25, -0.2) is 10.6 Å². The number of hydrogen-bond donors (Lipinski definition) is 3. The lowest BCUT2D eigenvalue weighted by Crippen LogP contribution is -2.55. The van der Waals surface area contributed by atoms with Crippen LogP contribution in [0.25, 0.3) is 10.8 Å². The van der Waals surface area contributed by atoms with Crippen molar-refractivity contribution in [3.8, 4) is 0 Å². The Morgan fingerprint density at radius 2 is 1.78 bits per heavy atom. The third-order valence-corrected chi connectivity index (χ3v) is 4.86. The van der Waals surface area contributed by atoms with Crippen molar-refractivity contribution in [1.82, 2.24) is 9.91 Å². The third kappa shape index (κ3) is 5.36. The fraction of sp³-hybridized carbons (Fsp3) is 0.348. The molecule has 0 fully saturated rings. The Balaban J connectivity index is 0.000000944. The van der Waals surface area contributed by atoms with E-state index in [2.05, 4.69) is 5.10 Å². The summed E-state index contributed by atoms with van der Waals surface area (Å²) in [5.41, 5.74) is 2.12. The predicted octanol–water partition coefficient (Wildman–Crippen LogP) is 3.19. The lowest BCUT2D eigenvalue weighted by atomic mass is 9.90. The number of fused-ring (bicyclic) bond motifs is 1. The van der Waals surface area contributed by atoms with E-state index in [0.717, 1.165) is 22.0 Å². The van der Waals surface area contributed by atoms with Crippen molar-refractivity contribution in [2.45, 2.75) is 40.7 Å². The standard InChI is InChI=1S/C20H25N5O2.C2H6.CH2O2/c1-4-24-13(3)17(19(26)27-5-2)18(25(22)20(24)23-21)16-12-8-10-14-9-6-7-11-15(14)16;1-2;2-1-3/h6-12,18H,4-5,21-22H2,1-3H3;1-2H3;1H,(H,2,3)/b23-20-;;. The van der Waals surface area contributed by atoms with Gasteiger partial charge in [0.1, 0.15) is 6.04 Å². The smallest absolute Gasteiger partial charge is 0.338 e. The molecule has 0 saturated carbocycles. The Kier molecular flexibility index (Phi) is 10.7. The second-order valence-electron chi connectivity index (χ2n) is 6.38. The summed E-state index contributed by atoms with van der Waals surface area (Å²) < 4.78 is 5.35. The normalized spacial score (nSPS) is 16.7. The van der Waals surface area contributed by atoms with Crippen molar-refractivity contribution in [2.24, 2.45) is 16.8 Å². The first-order valence-corrected chi connectivity index (χ1v) is 10.5. The van der Waals surface area contributed by atoms with Gasteiger partial charge in [-0.1, -0.05) is 56.3 Å². The van der Waals surface area contributed by atoms with E-state index in [4.69, 9.17) is 26.3 Å². The van der Waals surface area contributed by atoms with Gasteiger partial charge in [0.2, 0.25) is 5.96 Å². The largest absolute Gasteiger partial charge is 0.483 e. The number of nitrogens with zero attached hydrogens (tertiary/aromatic N) is 3. The molecule has 0 radical (unpaired) electrons. The molecule has 1 unspecified atom stereocenters. The number of hydrogen-bond acceptors (Lipinski definition) is 6. The van der Waals surface area contributed by atoms with Gasteiger partial charge in [0.25, 0.3) is 6.47 Å². The number of nitrogens with two attached hydrogens (primary N) is 2. The minimum absolute atomic E-state index is 0.250. The average molecular weight is 444 g/mol. The molecule has 9 nitrogen and oxygen atoms in total. The maximum Gasteiger partial charge on any atom is 0.338 e. The molecule has 1 aliphatic rings. The molecule has 0 spiro atoms. The molecule has 9 heteroatoms. The number of carbonyl (C=O) groups excluding carboxylic acids is 1. The third-order valence-electron chi connectivity index (χ3n) is 4.86. The Morgan fingerprint density at radius 3 is 2.34 bits per heavy atom. The average Bonchev–Trinajstić information content (AvgIpc) is 2.81. The van der Waals surface area contributed by atoms with Crippen LogP contribution >= 0.6 is 0 Å². The van der Waals surface area contributed by atoms with Crippen LogP contribution in [0.2, 0.25) is 0 Å². The second kappa shape index (κ2) is 13.0. The van der Waals surface area contributed by atoms with Crippen LogP contribution in [0.1, 0.15) is 46.2 Å². The first kappa shape index (κ1) is 26.4. The van der Waals surface area contributed by atoms with Crippen LogP contribution in [0.15, 0.2) is 58.8 Å². The molecule has 0 aliphatic carbocycles. The van der Waals surface area contributed by atoms with Gasteiger partial charge in [0, 0.05) is 12.2 Å². The lowest BCUT2D eigenvalue weighted by molar-refractivity contribution is -0.139. The summed E-state index contributed by atoms with van der Waals surface area (Å²) in [7, 11) is 0. The minimum Gasteiger partial charge on any atom is -0.483 e. The first-order valence-electron chi connectivity index (χ1n) is 10.5. The number of benzene rings is 2. The molecule has 0 bridgehead atoms. The van der Waals surface area contributed by atoms with Crippen LogP contribution in [0.3, 0.4) is 0 Å². The van der Waals surface area contributed by atoms with Crippen molar-refractivity contribution in [1.29, 1.82) is 0 Å². The molecule has 1 heterocycles. The number of esters is 1. The molecular weight excluding hydrogens is 410 g/mol. The minimum atomic E-state index is -0.555. The van der Waals surface area contributed by atoms with Gasteiger partial charge >= 0.3 is 5.97 Å². The number of ether oxygens (including phenoxy) is 1. The Hall–Kier alpha value is -3.59. The zero-order chi connectivity index (χ0) is 24.3. The first-order chi connectivity index (χ1) is 15.5. The van der Waals surface area contributed by atoms with E-state index in [0.29, 0.717) is 18.1 Å². The summed E-state index contributed by atoms with van der Waals surface area (Å²) in [4.78, 5) is 23.0. The molecule has 0 saturated heterocycles. The molecule has 174 valence electrons. The lowest BCUT2D eigenvalue weighted by Gasteiger charge is -2.42. The highest BCUT2D eigenvalue weighted by molar-refractivity contribution is 5.98. The van der Waals surface area contributed by atoms with Crippen LogP contribution in [-0.2, 0) is 14.3 Å². The molecule has 1 aliphatic heterocycles. The molecule has 0 aromatic heterocycles. The highest BCUT2D eigenvalue weighted by Crippen LogP contribution is 2.38. The van der Waals surface area contributed by atoms with E-state index in [1.165, 1.54) is 5.01 Å². The fourth-order valence-corrected chi connectivity index (χ4v) is 3.66. The molecule has 0 amide bonds. The van der Waals surface area contributed by atoms with Gasteiger partial charge in [-0.15, -0.1) is 5.10 Å². The summed E-state index contributed by atoms with van der Waals surface area (Å²) in [6, 6.07) is 13.4. The van der Waals surface area contributed by atoms with Crippen molar-refractivity contribution in [2.75, 3.05) is 13.2 Å². The monoisotopic (exact) mass is 443 g/mol. The summed E-state index contributed by atoms with van der Waals surface area (Å²) >= 11 is 0.